The smallest absolute Gasteiger partial charge is 0.316 e. The highest BCUT2D eigenvalue weighted by Gasteiger charge is 2.08. The first kappa shape index (κ1) is 13.9. The highest BCUT2D eigenvalue weighted by molar-refractivity contribution is 5.87. The third-order valence-corrected chi connectivity index (χ3v) is 3.10. The Labute approximate surface area is 119 Å². The van der Waals surface area contributed by atoms with Gasteiger partial charge in [0.1, 0.15) is 0 Å². The van der Waals surface area contributed by atoms with Crippen molar-refractivity contribution in [1.29, 1.82) is 0 Å². The topological polar surface area (TPSA) is 67.2 Å². The SMILES string of the molecule is CCC(Nc1ccc(NC(N)=O)cc1)c1ccccc1. The van der Waals surface area contributed by atoms with E-state index in [1.165, 1.54) is 5.56 Å². The van der Waals surface area contributed by atoms with E-state index in [1.54, 1.807) is 0 Å². The molecule has 0 aliphatic carbocycles. The second kappa shape index (κ2) is 6.61. The van der Waals surface area contributed by atoms with Crippen molar-refractivity contribution in [3.63, 3.8) is 0 Å². The van der Waals surface area contributed by atoms with Crippen molar-refractivity contribution in [3.05, 3.63) is 60.2 Å². The molecule has 0 saturated carbocycles. The molecule has 20 heavy (non-hydrogen) atoms. The molecule has 4 N–H and O–H groups in total. The van der Waals surface area contributed by atoms with Crippen LogP contribution in [0.15, 0.2) is 54.6 Å². The van der Waals surface area contributed by atoms with E-state index in [9.17, 15) is 4.79 Å². The molecule has 0 bridgehead atoms. The molecule has 4 heteroatoms. The molecular formula is C16H19N3O. The van der Waals surface area contributed by atoms with E-state index in [0.717, 1.165) is 12.1 Å². The molecule has 0 radical (unpaired) electrons. The number of hydrogen-bond acceptors (Lipinski definition) is 2. The molecule has 0 fully saturated rings. The molecule has 2 rings (SSSR count). The standard InChI is InChI=1S/C16H19N3O/c1-2-15(12-6-4-3-5-7-12)18-13-8-10-14(11-9-13)19-16(17)20/h3-11,15,18H,2H2,1H3,(H3,17,19,20). The van der Waals surface area contributed by atoms with Gasteiger partial charge in [-0.2, -0.15) is 0 Å². The number of amides is 2. The quantitative estimate of drug-likeness (QED) is 0.774. The summed E-state index contributed by atoms with van der Waals surface area (Å²) >= 11 is 0. The van der Waals surface area contributed by atoms with Crippen LogP contribution in [0.3, 0.4) is 0 Å². The van der Waals surface area contributed by atoms with Crippen LogP contribution in [-0.4, -0.2) is 6.03 Å². The summed E-state index contributed by atoms with van der Waals surface area (Å²) < 4.78 is 0. The highest BCUT2D eigenvalue weighted by Crippen LogP contribution is 2.23. The Morgan fingerprint density at radius 3 is 2.20 bits per heavy atom. The predicted octanol–water partition coefficient (Wildman–Crippen LogP) is 3.74. The van der Waals surface area contributed by atoms with Crippen LogP contribution in [0.2, 0.25) is 0 Å². The van der Waals surface area contributed by atoms with Crippen molar-refractivity contribution in [2.45, 2.75) is 19.4 Å². The summed E-state index contributed by atoms with van der Waals surface area (Å²) in [6.07, 6.45) is 0.991. The molecule has 2 aromatic rings. The van der Waals surface area contributed by atoms with Gasteiger partial charge in [0.2, 0.25) is 0 Å². The van der Waals surface area contributed by atoms with Crippen LogP contribution in [-0.2, 0) is 0 Å². The second-order valence-electron chi connectivity index (χ2n) is 4.58. The number of nitrogens with two attached hydrogens (primary N) is 1. The number of primary amides is 1. The zero-order valence-corrected chi connectivity index (χ0v) is 11.5. The average Bonchev–Trinajstić information content (AvgIpc) is 2.47. The molecule has 2 amide bonds. The lowest BCUT2D eigenvalue weighted by Crippen LogP contribution is -2.19. The van der Waals surface area contributed by atoms with E-state index >= 15 is 0 Å². The zero-order chi connectivity index (χ0) is 14.4. The molecule has 0 aliphatic rings. The van der Waals surface area contributed by atoms with Gasteiger partial charge in [-0.1, -0.05) is 37.3 Å². The largest absolute Gasteiger partial charge is 0.378 e. The first-order valence-electron chi connectivity index (χ1n) is 6.67. The van der Waals surface area contributed by atoms with Crippen LogP contribution in [0.25, 0.3) is 0 Å². The fourth-order valence-corrected chi connectivity index (χ4v) is 2.10. The summed E-state index contributed by atoms with van der Waals surface area (Å²) in [4.78, 5) is 10.8. The highest BCUT2D eigenvalue weighted by atomic mass is 16.2. The summed E-state index contributed by atoms with van der Waals surface area (Å²) in [6.45, 7) is 2.15. The van der Waals surface area contributed by atoms with Crippen LogP contribution in [0.1, 0.15) is 24.9 Å². The van der Waals surface area contributed by atoms with Gasteiger partial charge in [0.15, 0.2) is 0 Å². The van der Waals surface area contributed by atoms with E-state index in [1.807, 2.05) is 42.5 Å². The Kier molecular flexibility index (Phi) is 4.60. The number of carbonyl (C=O) groups excluding carboxylic acids is 1. The van der Waals surface area contributed by atoms with Crippen LogP contribution in [0.5, 0.6) is 0 Å². The minimum atomic E-state index is -0.554. The average molecular weight is 269 g/mol. The number of anilines is 2. The van der Waals surface area contributed by atoms with Gasteiger partial charge in [-0.05, 0) is 36.2 Å². The molecule has 1 atom stereocenters. The summed E-state index contributed by atoms with van der Waals surface area (Å²) in [5.41, 5.74) is 8.03. The van der Waals surface area contributed by atoms with Gasteiger partial charge in [0, 0.05) is 11.4 Å². The van der Waals surface area contributed by atoms with E-state index in [2.05, 4.69) is 29.7 Å². The Balaban J connectivity index is 2.06. The van der Waals surface area contributed by atoms with E-state index in [-0.39, 0.29) is 6.04 Å². The number of rotatable bonds is 5. The number of urea groups is 1. The van der Waals surface area contributed by atoms with Crippen molar-refractivity contribution in [2.24, 2.45) is 5.73 Å². The van der Waals surface area contributed by atoms with Gasteiger partial charge in [-0.15, -0.1) is 0 Å². The molecule has 4 nitrogen and oxygen atoms in total. The first-order valence-corrected chi connectivity index (χ1v) is 6.67. The van der Waals surface area contributed by atoms with Gasteiger partial charge in [0.25, 0.3) is 0 Å². The fourth-order valence-electron chi connectivity index (χ4n) is 2.10. The monoisotopic (exact) mass is 269 g/mol. The minimum Gasteiger partial charge on any atom is -0.378 e. The lowest BCUT2D eigenvalue weighted by atomic mass is 10.0. The Hall–Kier alpha value is -2.49. The summed E-state index contributed by atoms with van der Waals surface area (Å²) in [5.74, 6) is 0. The minimum absolute atomic E-state index is 0.270. The van der Waals surface area contributed by atoms with Crippen molar-refractivity contribution in [1.82, 2.24) is 0 Å². The van der Waals surface area contributed by atoms with Crippen molar-refractivity contribution >= 4 is 17.4 Å². The van der Waals surface area contributed by atoms with Gasteiger partial charge in [-0.3, -0.25) is 0 Å². The zero-order valence-electron chi connectivity index (χ0n) is 11.5. The van der Waals surface area contributed by atoms with E-state index in [0.29, 0.717) is 5.69 Å². The number of hydrogen-bond donors (Lipinski definition) is 3. The molecule has 2 aromatic carbocycles. The third kappa shape index (κ3) is 3.75. The van der Waals surface area contributed by atoms with Crippen LogP contribution in [0, 0.1) is 0 Å². The number of carbonyl (C=O) groups is 1. The molecule has 0 aromatic heterocycles. The molecule has 0 saturated heterocycles. The molecule has 0 aliphatic heterocycles. The number of benzene rings is 2. The lowest BCUT2D eigenvalue weighted by Gasteiger charge is -2.19. The summed E-state index contributed by atoms with van der Waals surface area (Å²) in [5, 5.41) is 6.02. The maximum atomic E-state index is 10.8. The summed E-state index contributed by atoms with van der Waals surface area (Å²) in [6, 6.07) is 17.5. The van der Waals surface area contributed by atoms with Crippen LogP contribution >= 0.6 is 0 Å². The Morgan fingerprint density at radius 1 is 1.05 bits per heavy atom. The lowest BCUT2D eigenvalue weighted by molar-refractivity contribution is 0.259. The maximum Gasteiger partial charge on any atom is 0.316 e. The van der Waals surface area contributed by atoms with E-state index < -0.39 is 6.03 Å². The van der Waals surface area contributed by atoms with Gasteiger partial charge >= 0.3 is 6.03 Å². The Morgan fingerprint density at radius 2 is 1.65 bits per heavy atom. The summed E-state index contributed by atoms with van der Waals surface area (Å²) in [7, 11) is 0. The van der Waals surface area contributed by atoms with Crippen LogP contribution < -0.4 is 16.4 Å². The first-order chi connectivity index (χ1) is 9.69. The van der Waals surface area contributed by atoms with Gasteiger partial charge in [-0.25, -0.2) is 4.79 Å². The predicted molar refractivity (Wildman–Crippen MR) is 82.7 cm³/mol. The Bertz CT molecular complexity index is 552. The second-order valence-corrected chi connectivity index (χ2v) is 4.58. The fraction of sp³-hybridized carbons (Fsp3) is 0.188. The van der Waals surface area contributed by atoms with Crippen molar-refractivity contribution in [3.8, 4) is 0 Å². The van der Waals surface area contributed by atoms with Crippen LogP contribution in [0.4, 0.5) is 16.2 Å². The molecule has 0 heterocycles. The molecule has 0 spiro atoms. The van der Waals surface area contributed by atoms with Crippen molar-refractivity contribution in [2.75, 3.05) is 10.6 Å². The molecular weight excluding hydrogens is 250 g/mol. The number of nitrogens with one attached hydrogen (secondary N) is 2. The maximum absolute atomic E-state index is 10.8. The normalized spacial score (nSPS) is 11.7. The van der Waals surface area contributed by atoms with E-state index in [4.69, 9.17) is 5.73 Å². The van der Waals surface area contributed by atoms with Gasteiger partial charge < -0.3 is 16.4 Å². The third-order valence-electron chi connectivity index (χ3n) is 3.10. The molecule has 104 valence electrons. The van der Waals surface area contributed by atoms with Crippen molar-refractivity contribution < 1.29 is 4.79 Å². The van der Waals surface area contributed by atoms with Gasteiger partial charge in [0.05, 0.1) is 6.04 Å². The molecule has 1 unspecified atom stereocenters.